The topological polar surface area (TPSA) is 46.3 Å². The van der Waals surface area contributed by atoms with Gasteiger partial charge in [-0.05, 0) is 37.8 Å². The summed E-state index contributed by atoms with van der Waals surface area (Å²) >= 11 is 5.26. The van der Waals surface area contributed by atoms with E-state index in [4.69, 9.17) is 12.2 Å². The van der Waals surface area contributed by atoms with Gasteiger partial charge in [-0.25, -0.2) is 9.07 Å². The monoisotopic (exact) mass is 335 g/mol. The van der Waals surface area contributed by atoms with Gasteiger partial charge in [0, 0.05) is 13.6 Å². The zero-order valence-electron chi connectivity index (χ0n) is 13.0. The molecule has 3 rings (SSSR count). The second-order valence-corrected chi connectivity index (χ2v) is 6.03. The van der Waals surface area contributed by atoms with Gasteiger partial charge in [0.25, 0.3) is 0 Å². The molecule has 0 saturated carbocycles. The smallest absolute Gasteiger partial charge is 0.244 e. The van der Waals surface area contributed by atoms with Crippen molar-refractivity contribution in [2.75, 3.05) is 18.5 Å². The molecule has 0 radical (unpaired) electrons. The summed E-state index contributed by atoms with van der Waals surface area (Å²) in [6.07, 6.45) is 2.28. The van der Waals surface area contributed by atoms with Crippen LogP contribution in [0.25, 0.3) is 0 Å². The van der Waals surface area contributed by atoms with Crippen LogP contribution in [-0.4, -0.2) is 44.8 Å². The number of halogens is 1. The first kappa shape index (κ1) is 15.8. The third-order valence-electron chi connectivity index (χ3n) is 4.10. The average molecular weight is 335 g/mol. The summed E-state index contributed by atoms with van der Waals surface area (Å²) < 4.78 is 17.9. The number of hydrogen-bond donors (Lipinski definition) is 0. The SMILES string of the molecule is CN(Cn1ncn(C)c1=S)[C@H]1CCN(c2ccccc2F)C1=O. The number of benzene rings is 1. The molecule has 1 aromatic carbocycles. The quantitative estimate of drug-likeness (QED) is 0.799. The summed E-state index contributed by atoms with van der Waals surface area (Å²) in [4.78, 5) is 16.0. The number of hydrogen-bond acceptors (Lipinski definition) is 4. The van der Waals surface area contributed by atoms with E-state index < -0.39 is 0 Å². The molecule has 122 valence electrons. The highest BCUT2D eigenvalue weighted by Crippen LogP contribution is 2.26. The Morgan fingerprint density at radius 3 is 2.83 bits per heavy atom. The molecule has 1 amide bonds. The van der Waals surface area contributed by atoms with Crippen LogP contribution in [0.1, 0.15) is 6.42 Å². The minimum Gasteiger partial charge on any atom is -0.310 e. The molecule has 1 aliphatic rings. The largest absolute Gasteiger partial charge is 0.310 e. The number of para-hydroxylation sites is 1. The summed E-state index contributed by atoms with van der Waals surface area (Å²) in [5.41, 5.74) is 0.336. The summed E-state index contributed by atoms with van der Waals surface area (Å²) in [6.45, 7) is 0.920. The van der Waals surface area contributed by atoms with Crippen LogP contribution in [0.4, 0.5) is 10.1 Å². The lowest BCUT2D eigenvalue weighted by molar-refractivity contribution is -0.121. The van der Waals surface area contributed by atoms with Gasteiger partial charge in [-0.1, -0.05) is 12.1 Å². The van der Waals surface area contributed by atoms with E-state index in [0.29, 0.717) is 30.1 Å². The molecule has 2 aromatic rings. The predicted molar refractivity (Wildman–Crippen MR) is 87.0 cm³/mol. The van der Waals surface area contributed by atoms with Gasteiger partial charge in [-0.15, -0.1) is 0 Å². The average Bonchev–Trinajstić information content (AvgIpc) is 3.05. The number of amides is 1. The number of anilines is 1. The van der Waals surface area contributed by atoms with Gasteiger partial charge in [-0.3, -0.25) is 9.69 Å². The van der Waals surface area contributed by atoms with Crippen LogP contribution in [-0.2, 0) is 18.5 Å². The van der Waals surface area contributed by atoms with E-state index in [1.54, 1.807) is 33.8 Å². The first-order valence-electron chi connectivity index (χ1n) is 7.33. The second-order valence-electron chi connectivity index (χ2n) is 5.67. The molecule has 23 heavy (non-hydrogen) atoms. The second kappa shape index (κ2) is 6.21. The molecule has 0 bridgehead atoms. The summed E-state index contributed by atoms with van der Waals surface area (Å²) in [5, 5.41) is 4.19. The number of rotatable bonds is 4. The third-order valence-corrected chi connectivity index (χ3v) is 4.60. The molecular weight excluding hydrogens is 317 g/mol. The Labute approximate surface area is 138 Å². The Morgan fingerprint density at radius 2 is 2.17 bits per heavy atom. The Kier molecular flexibility index (Phi) is 4.27. The molecule has 1 atom stereocenters. The summed E-state index contributed by atoms with van der Waals surface area (Å²) in [6, 6.07) is 6.04. The molecule has 0 N–H and O–H groups in total. The molecule has 1 fully saturated rings. The highest BCUT2D eigenvalue weighted by atomic mass is 32.1. The molecule has 8 heteroatoms. The van der Waals surface area contributed by atoms with Crippen LogP contribution < -0.4 is 4.90 Å². The molecule has 0 unspecified atom stereocenters. The van der Waals surface area contributed by atoms with Crippen molar-refractivity contribution < 1.29 is 9.18 Å². The van der Waals surface area contributed by atoms with Gasteiger partial charge >= 0.3 is 0 Å². The van der Waals surface area contributed by atoms with Crippen molar-refractivity contribution in [2.45, 2.75) is 19.1 Å². The molecule has 1 aromatic heterocycles. The number of carbonyl (C=O) groups is 1. The minimum atomic E-state index is -0.379. The van der Waals surface area contributed by atoms with Gasteiger partial charge < -0.3 is 9.47 Å². The van der Waals surface area contributed by atoms with Gasteiger partial charge in [0.2, 0.25) is 5.91 Å². The van der Waals surface area contributed by atoms with E-state index in [0.717, 1.165) is 0 Å². The minimum absolute atomic E-state index is 0.0972. The van der Waals surface area contributed by atoms with Crippen LogP contribution in [0, 0.1) is 10.6 Å². The molecule has 1 saturated heterocycles. The highest BCUT2D eigenvalue weighted by Gasteiger charge is 2.36. The van der Waals surface area contributed by atoms with Crippen molar-refractivity contribution in [3.63, 3.8) is 0 Å². The van der Waals surface area contributed by atoms with Gasteiger partial charge in [-0.2, -0.15) is 5.10 Å². The van der Waals surface area contributed by atoms with E-state index >= 15 is 0 Å². The number of aromatic nitrogens is 3. The van der Waals surface area contributed by atoms with Gasteiger partial charge in [0.1, 0.15) is 12.1 Å². The van der Waals surface area contributed by atoms with Crippen molar-refractivity contribution in [1.82, 2.24) is 19.2 Å². The Balaban J connectivity index is 1.75. The van der Waals surface area contributed by atoms with Crippen molar-refractivity contribution in [2.24, 2.45) is 7.05 Å². The fourth-order valence-electron chi connectivity index (χ4n) is 2.81. The van der Waals surface area contributed by atoms with Crippen LogP contribution >= 0.6 is 12.2 Å². The maximum Gasteiger partial charge on any atom is 0.244 e. The van der Waals surface area contributed by atoms with E-state index in [2.05, 4.69) is 5.10 Å². The summed E-state index contributed by atoms with van der Waals surface area (Å²) in [7, 11) is 3.68. The lowest BCUT2D eigenvalue weighted by Gasteiger charge is -2.23. The van der Waals surface area contributed by atoms with Crippen LogP contribution in [0.2, 0.25) is 0 Å². The molecule has 2 heterocycles. The standard InChI is InChI=1S/C15H18FN5OS/c1-18-9-17-21(15(18)23)10-19(2)13-7-8-20(14(13)22)12-6-4-3-5-11(12)16/h3-6,9,13H,7-8,10H2,1-2H3/t13-/m0/s1. The van der Waals surface area contributed by atoms with E-state index in [9.17, 15) is 9.18 Å². The zero-order valence-corrected chi connectivity index (χ0v) is 13.8. The molecule has 0 aliphatic carbocycles. The van der Waals surface area contributed by atoms with Crippen molar-refractivity contribution in [1.29, 1.82) is 0 Å². The number of likely N-dealkylation sites (N-methyl/N-ethyl adjacent to an activating group) is 1. The van der Waals surface area contributed by atoms with Crippen LogP contribution in [0.15, 0.2) is 30.6 Å². The fourth-order valence-corrected chi connectivity index (χ4v) is 2.96. The predicted octanol–water partition coefficient (Wildman–Crippen LogP) is 1.78. The molecule has 1 aliphatic heterocycles. The maximum absolute atomic E-state index is 13.9. The van der Waals surface area contributed by atoms with Gasteiger partial charge in [0.05, 0.1) is 18.4 Å². The van der Waals surface area contributed by atoms with Crippen LogP contribution in [0.3, 0.4) is 0 Å². The van der Waals surface area contributed by atoms with E-state index in [1.807, 2.05) is 19.0 Å². The van der Waals surface area contributed by atoms with Crippen molar-refractivity contribution in [3.8, 4) is 0 Å². The van der Waals surface area contributed by atoms with E-state index in [-0.39, 0.29) is 17.8 Å². The summed E-state index contributed by atoms with van der Waals surface area (Å²) in [5.74, 6) is -0.476. The van der Waals surface area contributed by atoms with Gasteiger partial charge in [0.15, 0.2) is 4.77 Å². The molecule has 0 spiro atoms. The lowest BCUT2D eigenvalue weighted by Crippen LogP contribution is -2.40. The molecular formula is C15H18FN5OS. The molecule has 6 nitrogen and oxygen atoms in total. The Bertz CT molecular complexity index is 786. The number of nitrogens with zero attached hydrogens (tertiary/aromatic N) is 5. The lowest BCUT2D eigenvalue weighted by atomic mass is 10.2. The van der Waals surface area contributed by atoms with Crippen LogP contribution in [0.5, 0.6) is 0 Å². The number of carbonyl (C=O) groups excluding carboxylic acids is 1. The fraction of sp³-hybridized carbons (Fsp3) is 0.400. The normalized spacial score (nSPS) is 18.2. The first-order valence-corrected chi connectivity index (χ1v) is 7.74. The Hall–Kier alpha value is -2.06. The highest BCUT2D eigenvalue weighted by molar-refractivity contribution is 7.71. The Morgan fingerprint density at radius 1 is 1.43 bits per heavy atom. The zero-order chi connectivity index (χ0) is 16.6. The van der Waals surface area contributed by atoms with Crippen molar-refractivity contribution >= 4 is 23.8 Å². The number of aryl methyl sites for hydroxylation is 1. The van der Waals surface area contributed by atoms with E-state index in [1.165, 1.54) is 11.0 Å². The first-order chi connectivity index (χ1) is 11.0. The maximum atomic E-state index is 13.9. The third kappa shape index (κ3) is 2.91. The van der Waals surface area contributed by atoms with Crippen molar-refractivity contribution in [3.05, 3.63) is 41.2 Å².